The van der Waals surface area contributed by atoms with Gasteiger partial charge in [0.25, 0.3) is 5.91 Å². The molecule has 40 heavy (non-hydrogen) atoms. The van der Waals surface area contributed by atoms with Crippen LogP contribution < -0.4 is 16.0 Å². The maximum Gasteiger partial charge on any atom is 0.274 e. The lowest BCUT2D eigenvalue weighted by atomic mass is 9.89. The quantitative estimate of drug-likeness (QED) is 0.333. The number of likely N-dealkylation sites (N-methyl/N-ethyl adjacent to an activating group) is 1. The van der Waals surface area contributed by atoms with Gasteiger partial charge in [-0.1, -0.05) is 37.3 Å². The number of carbonyl (C=O) groups excluding carboxylic acids is 4. The highest BCUT2D eigenvalue weighted by atomic mass is 16.5. The fourth-order valence-corrected chi connectivity index (χ4v) is 5.09. The first-order valence-electron chi connectivity index (χ1n) is 13.2. The van der Waals surface area contributed by atoms with E-state index in [2.05, 4.69) is 20.9 Å². The Morgan fingerprint density at radius 2 is 1.77 bits per heavy atom. The summed E-state index contributed by atoms with van der Waals surface area (Å²) in [7, 11) is 1.51. The summed E-state index contributed by atoms with van der Waals surface area (Å²) in [6, 6.07) is 7.85. The smallest absolute Gasteiger partial charge is 0.274 e. The van der Waals surface area contributed by atoms with E-state index in [1.165, 1.54) is 30.3 Å². The van der Waals surface area contributed by atoms with Crippen LogP contribution in [0.1, 0.15) is 29.9 Å². The molecule has 2 aromatic rings. The van der Waals surface area contributed by atoms with E-state index in [1.54, 1.807) is 13.8 Å². The van der Waals surface area contributed by atoms with Gasteiger partial charge in [-0.2, -0.15) is 0 Å². The zero-order valence-corrected chi connectivity index (χ0v) is 22.6. The number of hydrogen-bond donors (Lipinski definition) is 5. The third kappa shape index (κ3) is 6.23. The summed E-state index contributed by atoms with van der Waals surface area (Å²) >= 11 is 0. The van der Waals surface area contributed by atoms with Crippen LogP contribution in [-0.4, -0.2) is 94.3 Å². The van der Waals surface area contributed by atoms with Crippen molar-refractivity contribution in [3.63, 3.8) is 0 Å². The highest BCUT2D eigenvalue weighted by Gasteiger charge is 2.44. The van der Waals surface area contributed by atoms with Gasteiger partial charge in [0.15, 0.2) is 5.69 Å². The van der Waals surface area contributed by atoms with Crippen LogP contribution in [0.5, 0.6) is 5.75 Å². The summed E-state index contributed by atoms with van der Waals surface area (Å²) in [5.41, 5.74) is 0.529. The molecule has 0 saturated carbocycles. The Morgan fingerprint density at radius 1 is 1.07 bits per heavy atom. The van der Waals surface area contributed by atoms with Crippen LogP contribution in [0.4, 0.5) is 0 Å². The number of aliphatic hydroxyl groups is 1. The molecule has 1 unspecified atom stereocenters. The van der Waals surface area contributed by atoms with Gasteiger partial charge in [-0.3, -0.25) is 19.2 Å². The first kappa shape index (κ1) is 29.0. The lowest BCUT2D eigenvalue weighted by Crippen LogP contribution is -2.65. The summed E-state index contributed by atoms with van der Waals surface area (Å²) in [4.78, 5) is 58.9. The number of ether oxygens (including phenoxy) is 1. The Hall–Kier alpha value is -4.03. The first-order chi connectivity index (χ1) is 19.1. The van der Waals surface area contributed by atoms with Crippen molar-refractivity contribution in [2.75, 3.05) is 20.3 Å². The van der Waals surface area contributed by atoms with Crippen molar-refractivity contribution in [1.29, 1.82) is 0 Å². The molecule has 0 bridgehead atoms. The van der Waals surface area contributed by atoms with Crippen LogP contribution in [0.3, 0.4) is 0 Å². The number of amides is 4. The molecule has 12 nitrogen and oxygen atoms in total. The minimum Gasteiger partial charge on any atom is -0.505 e. The molecule has 1 aromatic carbocycles. The summed E-state index contributed by atoms with van der Waals surface area (Å²) in [6.45, 7) is 3.65. The van der Waals surface area contributed by atoms with Gasteiger partial charge in [-0.25, -0.2) is 4.98 Å². The van der Waals surface area contributed by atoms with E-state index in [1.807, 2.05) is 30.3 Å². The highest BCUT2D eigenvalue weighted by Crippen LogP contribution is 2.24. The number of nitrogens with one attached hydrogen (secondary N) is 3. The van der Waals surface area contributed by atoms with Crippen LogP contribution in [0.15, 0.2) is 48.7 Å². The van der Waals surface area contributed by atoms with Crippen molar-refractivity contribution in [2.45, 2.75) is 50.5 Å². The molecule has 0 aliphatic carbocycles. The third-order valence-corrected chi connectivity index (χ3v) is 7.52. The van der Waals surface area contributed by atoms with Crippen LogP contribution in [0.25, 0.3) is 0 Å². The molecule has 0 spiro atoms. The Morgan fingerprint density at radius 3 is 2.40 bits per heavy atom. The van der Waals surface area contributed by atoms with E-state index in [4.69, 9.17) is 4.74 Å². The van der Waals surface area contributed by atoms with Gasteiger partial charge in [-0.05, 0) is 31.0 Å². The largest absolute Gasteiger partial charge is 0.505 e. The Balaban J connectivity index is 1.70. The lowest BCUT2D eigenvalue weighted by Gasteiger charge is -2.41. The van der Waals surface area contributed by atoms with Gasteiger partial charge in [0.2, 0.25) is 17.7 Å². The second kappa shape index (κ2) is 12.4. The predicted octanol–water partition coefficient (Wildman–Crippen LogP) is -0.398. The van der Waals surface area contributed by atoms with Gasteiger partial charge < -0.3 is 35.8 Å². The number of aliphatic hydroxyl groups excluding tert-OH is 1. The van der Waals surface area contributed by atoms with Crippen molar-refractivity contribution < 1.29 is 34.1 Å². The van der Waals surface area contributed by atoms with Gasteiger partial charge in [0.1, 0.15) is 17.8 Å². The average Bonchev–Trinajstić information content (AvgIpc) is 2.91. The van der Waals surface area contributed by atoms with E-state index in [0.29, 0.717) is 0 Å². The Bertz CT molecular complexity index is 1240. The number of hydrogen-bond acceptors (Lipinski definition) is 8. The molecular weight excluding hydrogens is 518 g/mol. The minimum atomic E-state index is -1.31. The molecule has 214 valence electrons. The molecule has 2 aliphatic rings. The number of benzene rings is 1. The van der Waals surface area contributed by atoms with E-state index >= 15 is 0 Å². The fourth-order valence-electron chi connectivity index (χ4n) is 5.09. The number of rotatable bonds is 5. The average molecular weight is 554 g/mol. The van der Waals surface area contributed by atoms with Gasteiger partial charge >= 0.3 is 0 Å². The fraction of sp³-hybridized carbons (Fsp3) is 0.464. The number of pyridine rings is 1. The normalized spacial score (nSPS) is 28.4. The molecule has 4 rings (SSSR count). The zero-order valence-electron chi connectivity index (χ0n) is 22.6. The highest BCUT2D eigenvalue weighted by molar-refractivity contribution is 5.98. The van der Waals surface area contributed by atoms with E-state index in [-0.39, 0.29) is 37.0 Å². The monoisotopic (exact) mass is 553 g/mol. The Labute approximate surface area is 232 Å². The summed E-state index contributed by atoms with van der Waals surface area (Å²) in [6.07, 6.45) is 0.218. The number of aromatic hydroxyl groups is 1. The maximum absolute atomic E-state index is 13.7. The number of nitrogens with zero attached hydrogens (tertiary/aromatic N) is 2. The van der Waals surface area contributed by atoms with Crippen LogP contribution >= 0.6 is 0 Å². The second-order valence-corrected chi connectivity index (χ2v) is 10.4. The molecule has 5 N–H and O–H groups in total. The molecule has 6 atom stereocenters. The lowest BCUT2D eigenvalue weighted by molar-refractivity contribution is -0.155. The Kier molecular flexibility index (Phi) is 9.00. The maximum atomic E-state index is 13.7. The second-order valence-electron chi connectivity index (χ2n) is 10.4. The van der Waals surface area contributed by atoms with Crippen molar-refractivity contribution in [3.05, 3.63) is 59.9 Å². The van der Waals surface area contributed by atoms with Gasteiger partial charge in [0.05, 0.1) is 37.3 Å². The number of aromatic nitrogens is 1. The van der Waals surface area contributed by atoms with E-state index in [0.717, 1.165) is 5.56 Å². The predicted molar refractivity (Wildman–Crippen MR) is 143 cm³/mol. The zero-order chi connectivity index (χ0) is 29.0. The topological polar surface area (TPSA) is 170 Å². The standard InChI is InChI=1S/C28H35N5O7/c1-15-24(35)19(12-17-8-5-4-6-9-17)31-25(36)21(32-26(37)22-20(34)10-7-11-29-22)16(2)30-27(38)23(18-13-40-14-18)33(3)28(15)39/h4-11,15-16,18-19,21,23-24,34-35H,12-14H2,1-3H3,(H,30,38)(H,31,36)(H,32,37)/t15-,16-,19+,21+,23?,24+/m1/s1. The summed E-state index contributed by atoms with van der Waals surface area (Å²) < 4.78 is 5.28. The molecule has 4 amide bonds. The van der Waals surface area contributed by atoms with E-state index < -0.39 is 59.8 Å². The van der Waals surface area contributed by atoms with Gasteiger partial charge in [0, 0.05) is 19.2 Å². The molecule has 12 heteroatoms. The van der Waals surface area contributed by atoms with Crippen LogP contribution in [0.2, 0.25) is 0 Å². The molecule has 2 fully saturated rings. The van der Waals surface area contributed by atoms with Crippen LogP contribution in [-0.2, 0) is 25.5 Å². The van der Waals surface area contributed by atoms with Crippen molar-refractivity contribution >= 4 is 23.6 Å². The SMILES string of the molecule is C[C@H]1NC(=O)C(C2COC2)N(C)C(=O)[C@H](C)[C@H](O)[C@H](Cc2ccccc2)NC(=O)[C@H]1NC(=O)c1ncccc1O. The van der Waals surface area contributed by atoms with Crippen molar-refractivity contribution in [2.24, 2.45) is 11.8 Å². The molecule has 0 radical (unpaired) electrons. The number of carbonyl (C=O) groups is 4. The molecule has 3 heterocycles. The van der Waals surface area contributed by atoms with Gasteiger partial charge in [-0.15, -0.1) is 0 Å². The molecule has 2 aliphatic heterocycles. The van der Waals surface area contributed by atoms with E-state index in [9.17, 15) is 29.4 Å². The summed E-state index contributed by atoms with van der Waals surface area (Å²) in [5.74, 6) is -4.10. The van der Waals surface area contributed by atoms with Crippen molar-refractivity contribution in [1.82, 2.24) is 25.8 Å². The molecular formula is C28H35N5O7. The van der Waals surface area contributed by atoms with Crippen molar-refractivity contribution in [3.8, 4) is 5.75 Å². The summed E-state index contributed by atoms with van der Waals surface area (Å²) in [5, 5.41) is 29.6. The molecule has 1 aromatic heterocycles. The first-order valence-corrected chi connectivity index (χ1v) is 13.2. The molecule has 2 saturated heterocycles. The third-order valence-electron chi connectivity index (χ3n) is 7.52. The minimum absolute atomic E-state index is 0.206. The van der Waals surface area contributed by atoms with Crippen LogP contribution in [0, 0.1) is 11.8 Å².